The van der Waals surface area contributed by atoms with Crippen LogP contribution in [0.1, 0.15) is 36.3 Å². The number of nitrogens with zero attached hydrogens (tertiary/aromatic N) is 6. The molecule has 29 heavy (non-hydrogen) atoms. The summed E-state index contributed by atoms with van der Waals surface area (Å²) >= 11 is 0. The Morgan fingerprint density at radius 1 is 1.14 bits per heavy atom. The number of carbonyl (C=O) groups is 1. The quantitative estimate of drug-likeness (QED) is 0.639. The summed E-state index contributed by atoms with van der Waals surface area (Å²) < 4.78 is 7.57. The molecule has 2 aromatic heterocycles. The van der Waals surface area contributed by atoms with Gasteiger partial charge < -0.3 is 14.5 Å². The van der Waals surface area contributed by atoms with Gasteiger partial charge in [-0.25, -0.2) is 0 Å². The van der Waals surface area contributed by atoms with Gasteiger partial charge in [0.05, 0.1) is 12.2 Å². The summed E-state index contributed by atoms with van der Waals surface area (Å²) in [7, 11) is 0. The van der Waals surface area contributed by atoms with Crippen molar-refractivity contribution in [3.8, 4) is 5.75 Å². The van der Waals surface area contributed by atoms with Crippen LogP contribution in [0.25, 0.3) is 5.78 Å². The van der Waals surface area contributed by atoms with Crippen molar-refractivity contribution in [2.24, 2.45) is 0 Å². The average molecular weight is 394 g/mol. The van der Waals surface area contributed by atoms with E-state index in [4.69, 9.17) is 4.74 Å². The molecule has 3 aromatic rings. The largest absolute Gasteiger partial charge is 0.493 e. The topological polar surface area (TPSA) is 75.9 Å². The number of hydrogen-bond acceptors (Lipinski definition) is 6. The van der Waals surface area contributed by atoms with Crippen molar-refractivity contribution in [2.45, 2.75) is 26.7 Å². The third-order valence-electron chi connectivity index (χ3n) is 5.16. The molecule has 0 radical (unpaired) electrons. The van der Waals surface area contributed by atoms with Crippen LogP contribution in [-0.4, -0.2) is 63.2 Å². The summed E-state index contributed by atoms with van der Waals surface area (Å²) in [5.74, 6) is 2.18. The van der Waals surface area contributed by atoms with Crippen molar-refractivity contribution in [1.82, 2.24) is 24.5 Å². The first-order valence-electron chi connectivity index (χ1n) is 10.2. The van der Waals surface area contributed by atoms with Crippen molar-refractivity contribution < 1.29 is 9.53 Å². The van der Waals surface area contributed by atoms with Gasteiger partial charge in [0.25, 0.3) is 11.7 Å². The lowest BCUT2D eigenvalue weighted by Gasteiger charge is -2.35. The zero-order valence-corrected chi connectivity index (χ0v) is 16.9. The van der Waals surface area contributed by atoms with Gasteiger partial charge in [0, 0.05) is 37.9 Å². The Morgan fingerprint density at radius 2 is 1.93 bits per heavy atom. The van der Waals surface area contributed by atoms with E-state index < -0.39 is 0 Å². The van der Waals surface area contributed by atoms with Crippen molar-refractivity contribution in [3.05, 3.63) is 47.9 Å². The fourth-order valence-electron chi connectivity index (χ4n) is 3.71. The summed E-state index contributed by atoms with van der Waals surface area (Å²) in [6.45, 7) is 7.35. The lowest BCUT2D eigenvalue weighted by molar-refractivity contribution is 0.0742. The highest BCUT2D eigenvalue weighted by molar-refractivity contribution is 5.97. The lowest BCUT2D eigenvalue weighted by atomic mass is 10.1. The molecule has 0 spiro atoms. The Kier molecular flexibility index (Phi) is 5.59. The maximum Gasteiger partial charge on any atom is 0.257 e. The van der Waals surface area contributed by atoms with Gasteiger partial charge >= 0.3 is 0 Å². The Balaban J connectivity index is 1.48. The molecule has 1 fully saturated rings. The van der Waals surface area contributed by atoms with Crippen LogP contribution in [0.4, 0.5) is 5.82 Å². The molecule has 0 N–H and O–H groups in total. The maximum atomic E-state index is 13.0. The molecule has 1 aliphatic heterocycles. The van der Waals surface area contributed by atoms with Crippen molar-refractivity contribution in [3.63, 3.8) is 0 Å². The third kappa shape index (κ3) is 3.87. The monoisotopic (exact) mass is 394 g/mol. The normalized spacial score (nSPS) is 14.4. The fraction of sp³-hybridized carbons (Fsp3) is 0.429. The van der Waals surface area contributed by atoms with Crippen molar-refractivity contribution in [1.29, 1.82) is 0 Å². The molecule has 152 valence electrons. The molecule has 0 aliphatic carbocycles. The number of aryl methyl sites for hydroxylation is 1. The second kappa shape index (κ2) is 8.46. The molecule has 1 amide bonds. The number of fused-ring (bicyclic) bond motifs is 1. The molecule has 1 saturated heterocycles. The van der Waals surface area contributed by atoms with Crippen LogP contribution in [0, 0.1) is 0 Å². The van der Waals surface area contributed by atoms with E-state index >= 15 is 0 Å². The van der Waals surface area contributed by atoms with Crippen LogP contribution in [0.2, 0.25) is 0 Å². The summed E-state index contributed by atoms with van der Waals surface area (Å²) in [6, 6.07) is 9.55. The van der Waals surface area contributed by atoms with E-state index in [2.05, 4.69) is 33.1 Å². The van der Waals surface area contributed by atoms with Crippen LogP contribution in [0.15, 0.2) is 36.7 Å². The van der Waals surface area contributed by atoms with Crippen LogP contribution < -0.4 is 9.64 Å². The minimum Gasteiger partial charge on any atom is -0.493 e. The number of rotatable bonds is 6. The van der Waals surface area contributed by atoms with Gasteiger partial charge in [-0.15, -0.1) is 10.2 Å². The number of hydrogen-bond donors (Lipinski definition) is 0. The van der Waals surface area contributed by atoms with Gasteiger partial charge in [-0.3, -0.25) is 9.20 Å². The van der Waals surface area contributed by atoms with E-state index in [0.29, 0.717) is 36.8 Å². The van der Waals surface area contributed by atoms with E-state index in [-0.39, 0.29) is 5.91 Å². The van der Waals surface area contributed by atoms with Crippen molar-refractivity contribution >= 4 is 17.5 Å². The fourth-order valence-corrected chi connectivity index (χ4v) is 3.71. The van der Waals surface area contributed by atoms with Gasteiger partial charge in [0.1, 0.15) is 17.9 Å². The van der Waals surface area contributed by atoms with Gasteiger partial charge in [-0.1, -0.05) is 25.5 Å². The highest BCUT2D eigenvalue weighted by atomic mass is 16.5. The molecule has 0 bridgehead atoms. The molecular weight excluding hydrogens is 368 g/mol. The summed E-state index contributed by atoms with van der Waals surface area (Å²) in [6.07, 6.45) is 3.69. The summed E-state index contributed by atoms with van der Waals surface area (Å²) in [5.41, 5.74) is 1.78. The molecule has 1 aromatic carbocycles. The SMILES string of the molecule is CCCc1cc(N2CCN(C(=O)c3ccccc3OCC)CC2)nc2nncn12. The van der Waals surface area contributed by atoms with Crippen molar-refractivity contribution in [2.75, 3.05) is 37.7 Å². The van der Waals surface area contributed by atoms with E-state index in [9.17, 15) is 4.79 Å². The highest BCUT2D eigenvalue weighted by Crippen LogP contribution is 2.22. The summed E-state index contributed by atoms with van der Waals surface area (Å²) in [4.78, 5) is 21.8. The maximum absolute atomic E-state index is 13.0. The molecule has 0 saturated carbocycles. The van der Waals surface area contributed by atoms with Gasteiger partial charge in [0.15, 0.2) is 0 Å². The number of para-hydroxylation sites is 1. The summed E-state index contributed by atoms with van der Waals surface area (Å²) in [5, 5.41) is 8.11. The van der Waals surface area contributed by atoms with Crippen LogP contribution in [0.3, 0.4) is 0 Å². The number of benzene rings is 1. The highest BCUT2D eigenvalue weighted by Gasteiger charge is 2.25. The number of aromatic nitrogens is 4. The number of carbonyl (C=O) groups excluding carboxylic acids is 1. The first-order chi connectivity index (χ1) is 14.2. The van der Waals surface area contributed by atoms with Crippen LogP contribution in [0.5, 0.6) is 5.75 Å². The second-order valence-electron chi connectivity index (χ2n) is 7.07. The number of ether oxygens (including phenoxy) is 1. The molecule has 8 nitrogen and oxygen atoms in total. The Labute approximate surface area is 170 Å². The molecule has 1 aliphatic rings. The minimum atomic E-state index is 0.0150. The van der Waals surface area contributed by atoms with E-state index in [1.165, 1.54) is 0 Å². The zero-order valence-electron chi connectivity index (χ0n) is 16.9. The zero-order chi connectivity index (χ0) is 20.2. The number of amides is 1. The molecule has 8 heteroatoms. The standard InChI is InChI=1S/C21H26N6O2/c1-3-7-16-14-19(23-21-24-22-15-27(16)21)25-10-12-26(13-11-25)20(28)17-8-5-6-9-18(17)29-4-2/h5-6,8-9,14-15H,3-4,7,10-13H2,1-2H3. The molecule has 4 rings (SSSR count). The first kappa shape index (κ1) is 19.2. The number of anilines is 1. The average Bonchev–Trinajstić information content (AvgIpc) is 3.23. The predicted molar refractivity (Wildman–Crippen MR) is 111 cm³/mol. The minimum absolute atomic E-state index is 0.0150. The Bertz CT molecular complexity index is 994. The third-order valence-corrected chi connectivity index (χ3v) is 5.16. The lowest BCUT2D eigenvalue weighted by Crippen LogP contribution is -2.49. The van der Waals surface area contributed by atoms with E-state index in [1.54, 1.807) is 6.33 Å². The molecular formula is C21H26N6O2. The van der Waals surface area contributed by atoms with E-state index in [0.717, 1.165) is 37.4 Å². The predicted octanol–water partition coefficient (Wildman–Crippen LogP) is 2.44. The molecule has 3 heterocycles. The Hall–Kier alpha value is -3.16. The Morgan fingerprint density at radius 3 is 2.69 bits per heavy atom. The van der Waals surface area contributed by atoms with Gasteiger partial charge in [-0.2, -0.15) is 4.98 Å². The van der Waals surface area contributed by atoms with Gasteiger partial charge in [-0.05, 0) is 25.5 Å². The van der Waals surface area contributed by atoms with E-state index in [1.807, 2.05) is 40.5 Å². The molecule has 0 unspecified atom stereocenters. The second-order valence-corrected chi connectivity index (χ2v) is 7.07. The molecule has 0 atom stereocenters. The van der Waals surface area contributed by atoms with Crippen LogP contribution in [-0.2, 0) is 6.42 Å². The number of piperazine rings is 1. The van der Waals surface area contributed by atoms with Crippen LogP contribution >= 0.6 is 0 Å². The first-order valence-corrected chi connectivity index (χ1v) is 10.2. The van der Waals surface area contributed by atoms with Gasteiger partial charge in [0.2, 0.25) is 0 Å². The smallest absolute Gasteiger partial charge is 0.257 e.